The molecule has 0 aromatic heterocycles. The lowest BCUT2D eigenvalue weighted by Gasteiger charge is -2.00. The monoisotopic (exact) mass is 339 g/mol. The van der Waals surface area contributed by atoms with Crippen LogP contribution in [0, 0.1) is 10.1 Å². The van der Waals surface area contributed by atoms with Gasteiger partial charge in [-0.15, -0.1) is 0 Å². The van der Waals surface area contributed by atoms with E-state index < -0.39 is 4.92 Å². The van der Waals surface area contributed by atoms with E-state index in [2.05, 4.69) is 0 Å². The molecule has 2 rings (SSSR count). The van der Waals surface area contributed by atoms with E-state index in [1.54, 1.807) is 0 Å². The first kappa shape index (κ1) is 14.1. The Morgan fingerprint density at radius 1 is 1.11 bits per heavy atom. The molecular formula is C10H4Cl3NO2S2. The molecule has 1 heterocycles. The number of fused-ring (bicyclic) bond motifs is 1. The molecular weight excluding hydrogens is 337 g/mol. The van der Waals surface area contributed by atoms with Crippen LogP contribution in [0.5, 0.6) is 0 Å². The van der Waals surface area contributed by atoms with Gasteiger partial charge in [-0.05, 0) is 12.1 Å². The summed E-state index contributed by atoms with van der Waals surface area (Å²) in [6.07, 6.45) is 0. The van der Waals surface area contributed by atoms with Gasteiger partial charge in [-0.1, -0.05) is 70.5 Å². The second-order valence-corrected chi connectivity index (χ2v) is 6.81. The highest BCUT2D eigenvalue weighted by Crippen LogP contribution is 2.53. The first-order valence-electron chi connectivity index (χ1n) is 4.55. The largest absolute Gasteiger partial charge is 0.310 e. The smallest absolute Gasteiger partial charge is 0.258 e. The van der Waals surface area contributed by atoms with Gasteiger partial charge in [0.15, 0.2) is 5.03 Å². The number of allylic oxidation sites excluding steroid dienone is 1. The number of halogens is 3. The number of hydrogen-bond acceptors (Lipinski definition) is 4. The van der Waals surface area contributed by atoms with Crippen molar-refractivity contribution in [3.63, 3.8) is 0 Å². The fourth-order valence-electron chi connectivity index (χ4n) is 1.27. The van der Waals surface area contributed by atoms with E-state index in [9.17, 15) is 10.1 Å². The van der Waals surface area contributed by atoms with E-state index >= 15 is 0 Å². The first-order chi connectivity index (χ1) is 8.50. The number of nitro groups is 1. The van der Waals surface area contributed by atoms with E-state index in [0.717, 1.165) is 9.79 Å². The molecule has 0 fully saturated rings. The van der Waals surface area contributed by atoms with Gasteiger partial charge in [0, 0.05) is 9.79 Å². The predicted molar refractivity (Wildman–Crippen MR) is 76.8 cm³/mol. The van der Waals surface area contributed by atoms with E-state index in [0.29, 0.717) is 4.24 Å². The number of thioether (sulfide) groups is 2. The Morgan fingerprint density at radius 3 is 2.00 bits per heavy atom. The Hall–Kier alpha value is -0.330. The van der Waals surface area contributed by atoms with Crippen molar-refractivity contribution in [2.75, 3.05) is 0 Å². The fraction of sp³-hybridized carbons (Fsp3) is 0. The SMILES string of the molecule is O=[N+]([O-])C(=C1Sc2ccccc2S1)C(Cl)=C(Cl)Cl. The normalized spacial score (nSPS) is 13.2. The molecule has 1 aromatic carbocycles. The molecule has 0 saturated heterocycles. The standard InChI is InChI=1S/C10H4Cl3NO2S2/c11-7(9(12)13)8(14(15)16)10-17-5-3-1-2-4-6(5)18-10/h1-4H. The van der Waals surface area contributed by atoms with Crippen LogP contribution in [-0.4, -0.2) is 4.92 Å². The van der Waals surface area contributed by atoms with E-state index in [-0.39, 0.29) is 15.2 Å². The van der Waals surface area contributed by atoms with Gasteiger partial charge in [0.05, 0.1) is 4.92 Å². The Kier molecular flexibility index (Phi) is 4.50. The van der Waals surface area contributed by atoms with Crippen molar-refractivity contribution in [2.45, 2.75) is 9.79 Å². The van der Waals surface area contributed by atoms with Gasteiger partial charge in [-0.2, -0.15) is 0 Å². The Balaban J connectivity index is 2.49. The Morgan fingerprint density at radius 2 is 1.61 bits per heavy atom. The molecule has 18 heavy (non-hydrogen) atoms. The van der Waals surface area contributed by atoms with Crippen molar-refractivity contribution in [1.29, 1.82) is 0 Å². The lowest BCUT2D eigenvalue weighted by Crippen LogP contribution is -2.00. The summed E-state index contributed by atoms with van der Waals surface area (Å²) in [7, 11) is 0. The maximum absolute atomic E-state index is 11.1. The van der Waals surface area contributed by atoms with Gasteiger partial charge in [-0.3, -0.25) is 10.1 Å². The number of benzene rings is 1. The average molecular weight is 341 g/mol. The average Bonchev–Trinajstić information content (AvgIpc) is 2.71. The van der Waals surface area contributed by atoms with Crippen LogP contribution in [0.4, 0.5) is 0 Å². The van der Waals surface area contributed by atoms with Gasteiger partial charge in [-0.25, -0.2) is 0 Å². The molecule has 0 N–H and O–H groups in total. The highest BCUT2D eigenvalue weighted by Gasteiger charge is 2.30. The van der Waals surface area contributed by atoms with Crippen molar-refractivity contribution in [1.82, 2.24) is 0 Å². The summed E-state index contributed by atoms with van der Waals surface area (Å²) in [5, 5.41) is 10.8. The fourth-order valence-corrected chi connectivity index (χ4v) is 4.26. The molecule has 1 aliphatic heterocycles. The maximum Gasteiger partial charge on any atom is 0.310 e. The summed E-state index contributed by atoms with van der Waals surface area (Å²) in [5.41, 5.74) is -0.261. The molecule has 0 amide bonds. The van der Waals surface area contributed by atoms with Crippen molar-refractivity contribution < 1.29 is 4.92 Å². The third-order valence-electron chi connectivity index (χ3n) is 2.00. The van der Waals surface area contributed by atoms with Crippen LogP contribution in [0.3, 0.4) is 0 Å². The van der Waals surface area contributed by atoms with E-state index in [1.807, 2.05) is 24.3 Å². The molecule has 0 unspecified atom stereocenters. The second-order valence-electron chi connectivity index (χ2n) is 3.12. The zero-order chi connectivity index (χ0) is 13.3. The summed E-state index contributed by atoms with van der Waals surface area (Å²) < 4.78 is 0.151. The highest BCUT2D eigenvalue weighted by atomic mass is 35.5. The molecule has 1 aromatic rings. The van der Waals surface area contributed by atoms with Crippen molar-refractivity contribution in [3.05, 3.63) is 53.8 Å². The van der Waals surface area contributed by atoms with Crippen molar-refractivity contribution in [2.24, 2.45) is 0 Å². The molecule has 1 aliphatic rings. The number of hydrogen-bond donors (Lipinski definition) is 0. The molecule has 0 atom stereocenters. The van der Waals surface area contributed by atoms with Crippen LogP contribution >= 0.6 is 58.3 Å². The maximum atomic E-state index is 11.1. The molecule has 0 radical (unpaired) electrons. The van der Waals surface area contributed by atoms with E-state index in [4.69, 9.17) is 34.8 Å². The van der Waals surface area contributed by atoms with Gasteiger partial charge < -0.3 is 0 Å². The minimum atomic E-state index is -0.575. The number of rotatable bonds is 2. The lowest BCUT2D eigenvalue weighted by molar-refractivity contribution is -0.419. The van der Waals surface area contributed by atoms with Crippen molar-refractivity contribution >= 4 is 58.3 Å². The Labute approximate surface area is 126 Å². The van der Waals surface area contributed by atoms with Crippen LogP contribution in [-0.2, 0) is 0 Å². The summed E-state index contributed by atoms with van der Waals surface area (Å²) in [5.74, 6) is 0. The molecule has 8 heteroatoms. The molecule has 0 spiro atoms. The van der Waals surface area contributed by atoms with Crippen LogP contribution in [0.15, 0.2) is 53.5 Å². The van der Waals surface area contributed by atoms with Crippen molar-refractivity contribution in [3.8, 4) is 0 Å². The van der Waals surface area contributed by atoms with Crippen LogP contribution in [0.2, 0.25) is 0 Å². The summed E-state index contributed by atoms with van der Waals surface area (Å²) in [6.45, 7) is 0. The van der Waals surface area contributed by atoms with Crippen LogP contribution in [0.25, 0.3) is 0 Å². The van der Waals surface area contributed by atoms with Gasteiger partial charge in [0.25, 0.3) is 0 Å². The third kappa shape index (κ3) is 2.81. The summed E-state index contributed by atoms with van der Waals surface area (Å²) >= 11 is 19.4. The third-order valence-corrected chi connectivity index (χ3v) is 5.48. The van der Waals surface area contributed by atoms with Gasteiger partial charge in [0.2, 0.25) is 0 Å². The molecule has 0 aliphatic carbocycles. The first-order valence-corrected chi connectivity index (χ1v) is 7.32. The zero-order valence-electron chi connectivity index (χ0n) is 8.52. The van der Waals surface area contributed by atoms with Gasteiger partial charge >= 0.3 is 5.70 Å². The molecule has 0 saturated carbocycles. The van der Waals surface area contributed by atoms with E-state index in [1.165, 1.54) is 23.5 Å². The number of nitrogens with zero attached hydrogens (tertiary/aromatic N) is 1. The Bertz CT molecular complexity index is 555. The molecule has 94 valence electrons. The minimum absolute atomic E-state index is 0.244. The minimum Gasteiger partial charge on any atom is -0.258 e. The highest BCUT2D eigenvalue weighted by molar-refractivity contribution is 8.24. The molecule has 3 nitrogen and oxygen atoms in total. The second kappa shape index (κ2) is 5.75. The van der Waals surface area contributed by atoms with Gasteiger partial charge in [0.1, 0.15) is 8.73 Å². The van der Waals surface area contributed by atoms with Crippen LogP contribution in [0.1, 0.15) is 0 Å². The summed E-state index contributed by atoms with van der Waals surface area (Å²) in [6, 6.07) is 7.51. The lowest BCUT2D eigenvalue weighted by atomic mass is 10.4. The zero-order valence-corrected chi connectivity index (χ0v) is 12.4. The van der Waals surface area contributed by atoms with Crippen LogP contribution < -0.4 is 0 Å². The quantitative estimate of drug-likeness (QED) is 0.547. The topological polar surface area (TPSA) is 43.1 Å². The summed E-state index contributed by atoms with van der Waals surface area (Å²) in [4.78, 5) is 12.4. The predicted octanol–water partition coefficient (Wildman–Crippen LogP) is 5.22. The molecule has 0 bridgehead atoms.